The van der Waals surface area contributed by atoms with E-state index in [0.29, 0.717) is 16.6 Å². The molecule has 0 aliphatic heterocycles. The maximum absolute atomic E-state index is 12.8. The van der Waals surface area contributed by atoms with Gasteiger partial charge in [0.15, 0.2) is 16.6 Å². The van der Waals surface area contributed by atoms with E-state index in [1.165, 1.54) is 37.7 Å². The summed E-state index contributed by atoms with van der Waals surface area (Å²) >= 11 is 1.29. The van der Waals surface area contributed by atoms with Gasteiger partial charge in [0.1, 0.15) is 0 Å². The van der Waals surface area contributed by atoms with Gasteiger partial charge in [0.25, 0.3) is 10.0 Å². The Morgan fingerprint density at radius 3 is 2.52 bits per heavy atom. The van der Waals surface area contributed by atoms with Crippen LogP contribution in [0.3, 0.4) is 0 Å². The van der Waals surface area contributed by atoms with Crippen LogP contribution in [0.25, 0.3) is 21.0 Å². The van der Waals surface area contributed by atoms with Crippen LogP contribution in [0.2, 0.25) is 0 Å². The van der Waals surface area contributed by atoms with E-state index in [4.69, 9.17) is 9.47 Å². The average molecular weight is 400 g/mol. The molecule has 0 aliphatic rings. The molecule has 3 aromatic carbocycles. The Morgan fingerprint density at radius 1 is 0.963 bits per heavy atom. The van der Waals surface area contributed by atoms with Gasteiger partial charge in [-0.05, 0) is 23.6 Å². The largest absolute Gasteiger partial charge is 0.493 e. The molecule has 0 fully saturated rings. The highest BCUT2D eigenvalue weighted by molar-refractivity contribution is 7.93. The predicted molar refractivity (Wildman–Crippen MR) is 107 cm³/mol. The number of thiazole rings is 1. The van der Waals surface area contributed by atoms with Crippen LogP contribution in [0.15, 0.2) is 59.5 Å². The van der Waals surface area contributed by atoms with E-state index in [1.807, 2.05) is 36.4 Å². The number of sulfonamides is 1. The molecule has 8 heteroatoms. The van der Waals surface area contributed by atoms with Gasteiger partial charge >= 0.3 is 0 Å². The van der Waals surface area contributed by atoms with Crippen LogP contribution in [-0.2, 0) is 10.0 Å². The topological polar surface area (TPSA) is 77.5 Å². The molecule has 0 atom stereocenters. The molecule has 1 aromatic heterocycles. The SMILES string of the molecule is COc1ccc(S(=O)(=O)Nc2nc3c(ccc4ccccc43)s2)cc1OC. The molecule has 0 saturated carbocycles. The summed E-state index contributed by atoms with van der Waals surface area (Å²) in [7, 11) is -0.855. The summed E-state index contributed by atoms with van der Waals surface area (Å²) in [6.07, 6.45) is 0. The first-order valence-corrected chi connectivity index (χ1v) is 10.3. The number of methoxy groups -OCH3 is 2. The minimum atomic E-state index is -3.81. The average Bonchev–Trinajstić information content (AvgIpc) is 3.09. The van der Waals surface area contributed by atoms with Crippen molar-refractivity contribution < 1.29 is 17.9 Å². The molecule has 4 rings (SSSR count). The maximum Gasteiger partial charge on any atom is 0.263 e. The quantitative estimate of drug-likeness (QED) is 0.541. The highest BCUT2D eigenvalue weighted by Crippen LogP contribution is 2.34. The van der Waals surface area contributed by atoms with Gasteiger partial charge in [-0.2, -0.15) is 0 Å². The number of aromatic nitrogens is 1. The molecule has 138 valence electrons. The van der Waals surface area contributed by atoms with Crippen LogP contribution in [0, 0.1) is 0 Å². The molecule has 0 amide bonds. The lowest BCUT2D eigenvalue weighted by atomic mass is 10.1. The Hall–Kier alpha value is -2.84. The number of hydrogen-bond donors (Lipinski definition) is 1. The lowest BCUT2D eigenvalue weighted by Gasteiger charge is -2.10. The first-order valence-electron chi connectivity index (χ1n) is 8.05. The fourth-order valence-corrected chi connectivity index (χ4v) is 4.99. The number of hydrogen-bond acceptors (Lipinski definition) is 6. The van der Waals surface area contributed by atoms with Crippen LogP contribution in [0.1, 0.15) is 0 Å². The van der Waals surface area contributed by atoms with Crippen LogP contribution in [0.4, 0.5) is 5.13 Å². The molecule has 4 aromatic rings. The molecule has 0 aliphatic carbocycles. The number of ether oxygens (including phenoxy) is 2. The molecular formula is C19H16N2O4S2. The number of nitrogens with zero attached hydrogens (tertiary/aromatic N) is 1. The maximum atomic E-state index is 12.8. The smallest absolute Gasteiger partial charge is 0.263 e. The standard InChI is InChI=1S/C19H16N2O4S2/c1-24-15-9-8-13(11-16(15)25-2)27(22,23)21-19-20-18-14-6-4-3-5-12(14)7-10-17(18)26-19/h3-11H,1-2H3,(H,20,21). The van der Waals surface area contributed by atoms with Crippen molar-refractivity contribution in [3.05, 3.63) is 54.6 Å². The molecule has 0 saturated heterocycles. The predicted octanol–water partition coefficient (Wildman–Crippen LogP) is 4.27. The van der Waals surface area contributed by atoms with Crippen molar-refractivity contribution >= 4 is 47.5 Å². The van der Waals surface area contributed by atoms with Crippen molar-refractivity contribution in [1.82, 2.24) is 4.98 Å². The van der Waals surface area contributed by atoms with Gasteiger partial charge in [0.05, 0.1) is 29.3 Å². The molecule has 1 heterocycles. The minimum absolute atomic E-state index is 0.0734. The Kier molecular flexibility index (Phi) is 4.37. The van der Waals surface area contributed by atoms with Crippen LogP contribution in [-0.4, -0.2) is 27.6 Å². The summed E-state index contributed by atoms with van der Waals surface area (Å²) < 4.78 is 39.4. The number of rotatable bonds is 5. The Bertz CT molecular complexity index is 1250. The summed E-state index contributed by atoms with van der Waals surface area (Å²) in [5.41, 5.74) is 0.781. The number of nitrogens with one attached hydrogen (secondary N) is 1. The molecule has 0 unspecified atom stereocenters. The second-order valence-corrected chi connectivity index (χ2v) is 8.49. The first kappa shape index (κ1) is 17.6. The van der Waals surface area contributed by atoms with E-state index < -0.39 is 10.0 Å². The lowest BCUT2D eigenvalue weighted by molar-refractivity contribution is 0.354. The highest BCUT2D eigenvalue weighted by atomic mass is 32.2. The fourth-order valence-electron chi connectivity index (χ4n) is 2.86. The zero-order valence-electron chi connectivity index (χ0n) is 14.6. The van der Waals surface area contributed by atoms with Gasteiger partial charge in [0, 0.05) is 11.5 Å². The zero-order valence-corrected chi connectivity index (χ0v) is 16.2. The van der Waals surface area contributed by atoms with Crippen molar-refractivity contribution in [1.29, 1.82) is 0 Å². The van der Waals surface area contributed by atoms with E-state index in [-0.39, 0.29) is 4.90 Å². The van der Waals surface area contributed by atoms with Gasteiger partial charge < -0.3 is 9.47 Å². The molecule has 0 spiro atoms. The van der Waals surface area contributed by atoms with Crippen LogP contribution < -0.4 is 14.2 Å². The van der Waals surface area contributed by atoms with Crippen molar-refractivity contribution in [2.75, 3.05) is 18.9 Å². The molecular weight excluding hydrogens is 384 g/mol. The Balaban J connectivity index is 1.73. The van der Waals surface area contributed by atoms with E-state index >= 15 is 0 Å². The third-order valence-corrected chi connectivity index (χ3v) is 6.57. The highest BCUT2D eigenvalue weighted by Gasteiger charge is 2.19. The van der Waals surface area contributed by atoms with Gasteiger partial charge in [-0.15, -0.1) is 0 Å². The van der Waals surface area contributed by atoms with Crippen molar-refractivity contribution in [3.63, 3.8) is 0 Å². The summed E-state index contributed by atoms with van der Waals surface area (Å²) in [5, 5.41) is 2.36. The molecule has 0 bridgehead atoms. The number of fused-ring (bicyclic) bond motifs is 3. The van der Waals surface area contributed by atoms with Gasteiger partial charge in [-0.3, -0.25) is 4.72 Å². The summed E-state index contributed by atoms with van der Waals surface area (Å²) in [5.74, 6) is 0.804. The number of benzene rings is 3. The second-order valence-electron chi connectivity index (χ2n) is 5.77. The van der Waals surface area contributed by atoms with Crippen molar-refractivity contribution in [3.8, 4) is 11.5 Å². The van der Waals surface area contributed by atoms with Gasteiger partial charge in [-0.1, -0.05) is 41.7 Å². The first-order chi connectivity index (χ1) is 13.0. The van der Waals surface area contributed by atoms with E-state index in [2.05, 4.69) is 9.71 Å². The fraction of sp³-hybridized carbons (Fsp3) is 0.105. The summed E-state index contributed by atoms with van der Waals surface area (Å²) in [6.45, 7) is 0. The van der Waals surface area contributed by atoms with Crippen LogP contribution in [0.5, 0.6) is 11.5 Å². The van der Waals surface area contributed by atoms with E-state index in [1.54, 1.807) is 6.07 Å². The Morgan fingerprint density at radius 2 is 1.74 bits per heavy atom. The Labute approximate surface area is 160 Å². The van der Waals surface area contributed by atoms with Crippen LogP contribution >= 0.6 is 11.3 Å². The van der Waals surface area contributed by atoms with Crippen molar-refractivity contribution in [2.24, 2.45) is 0 Å². The van der Waals surface area contributed by atoms with Gasteiger partial charge in [0.2, 0.25) is 0 Å². The summed E-state index contributed by atoms with van der Waals surface area (Å²) in [6, 6.07) is 16.3. The van der Waals surface area contributed by atoms with E-state index in [0.717, 1.165) is 21.0 Å². The van der Waals surface area contributed by atoms with E-state index in [9.17, 15) is 8.42 Å². The minimum Gasteiger partial charge on any atom is -0.493 e. The van der Waals surface area contributed by atoms with Gasteiger partial charge in [-0.25, -0.2) is 13.4 Å². The zero-order chi connectivity index (χ0) is 19.0. The molecule has 27 heavy (non-hydrogen) atoms. The number of anilines is 1. The second kappa shape index (κ2) is 6.71. The third kappa shape index (κ3) is 3.17. The molecule has 0 radical (unpaired) electrons. The van der Waals surface area contributed by atoms with Crippen molar-refractivity contribution in [2.45, 2.75) is 4.90 Å². The monoisotopic (exact) mass is 400 g/mol. The lowest BCUT2D eigenvalue weighted by Crippen LogP contribution is -2.13. The molecule has 1 N–H and O–H groups in total. The molecule has 6 nitrogen and oxygen atoms in total. The summed E-state index contributed by atoms with van der Waals surface area (Å²) in [4.78, 5) is 4.57. The normalized spacial score (nSPS) is 11.6. The third-order valence-electron chi connectivity index (χ3n) is 4.17.